The Kier molecular flexibility index (Phi) is 6.37. The highest BCUT2D eigenvalue weighted by Crippen LogP contribution is 2.27. The van der Waals surface area contributed by atoms with Crippen molar-refractivity contribution >= 4 is 22.8 Å². The highest BCUT2D eigenvalue weighted by atomic mass is 16.5. The standard InChI is InChI=1S/C25H26N2O5/c1-16-13-27(14-17(2)32-16)24(28)15-31-25(29)21-12-23(18-8-10-19(30-3)11-9-18)26-22-7-5-4-6-20(21)22/h4-12,16-17H,13-15H2,1-3H3. The second-order valence-corrected chi connectivity index (χ2v) is 7.93. The molecule has 1 aliphatic rings. The Hall–Kier alpha value is -3.45. The lowest BCUT2D eigenvalue weighted by atomic mass is 10.0. The summed E-state index contributed by atoms with van der Waals surface area (Å²) in [5.74, 6) is -0.0467. The molecule has 166 valence electrons. The minimum Gasteiger partial charge on any atom is -0.497 e. The molecule has 4 rings (SSSR count). The van der Waals surface area contributed by atoms with E-state index in [0.717, 1.165) is 11.3 Å². The third-order valence-corrected chi connectivity index (χ3v) is 5.42. The van der Waals surface area contributed by atoms with Crippen LogP contribution in [0.1, 0.15) is 24.2 Å². The van der Waals surface area contributed by atoms with Gasteiger partial charge in [0.1, 0.15) is 5.75 Å². The van der Waals surface area contributed by atoms with E-state index in [0.29, 0.717) is 35.2 Å². The van der Waals surface area contributed by atoms with E-state index < -0.39 is 5.97 Å². The fraction of sp³-hybridized carbons (Fsp3) is 0.320. The van der Waals surface area contributed by atoms with E-state index in [1.165, 1.54) is 0 Å². The number of morpholine rings is 1. The summed E-state index contributed by atoms with van der Waals surface area (Å²) < 4.78 is 16.3. The Morgan fingerprint density at radius 3 is 2.44 bits per heavy atom. The van der Waals surface area contributed by atoms with Crippen molar-refractivity contribution in [2.75, 3.05) is 26.8 Å². The van der Waals surface area contributed by atoms with Crippen molar-refractivity contribution in [2.24, 2.45) is 0 Å². The van der Waals surface area contributed by atoms with Gasteiger partial charge in [-0.3, -0.25) is 4.79 Å². The van der Waals surface area contributed by atoms with E-state index in [2.05, 4.69) is 0 Å². The van der Waals surface area contributed by atoms with Crippen molar-refractivity contribution in [3.63, 3.8) is 0 Å². The molecule has 0 bridgehead atoms. The van der Waals surface area contributed by atoms with Gasteiger partial charge in [0.25, 0.3) is 5.91 Å². The van der Waals surface area contributed by atoms with Gasteiger partial charge in [0.05, 0.1) is 36.1 Å². The number of rotatable bonds is 5. The number of carbonyl (C=O) groups is 2. The molecule has 0 aliphatic carbocycles. The van der Waals surface area contributed by atoms with Gasteiger partial charge in [0, 0.05) is 24.0 Å². The number of nitrogens with zero attached hydrogens (tertiary/aromatic N) is 2. The lowest BCUT2D eigenvalue weighted by molar-refractivity contribution is -0.146. The second-order valence-electron chi connectivity index (χ2n) is 7.93. The van der Waals surface area contributed by atoms with Crippen molar-refractivity contribution < 1.29 is 23.8 Å². The first-order valence-electron chi connectivity index (χ1n) is 10.6. The number of amides is 1. The number of ether oxygens (including phenoxy) is 3. The summed E-state index contributed by atoms with van der Waals surface area (Å²) in [5, 5.41) is 0.677. The van der Waals surface area contributed by atoms with Crippen LogP contribution in [0.15, 0.2) is 54.6 Å². The lowest BCUT2D eigenvalue weighted by Crippen LogP contribution is -2.49. The first-order valence-corrected chi connectivity index (χ1v) is 10.6. The number of methoxy groups -OCH3 is 1. The summed E-state index contributed by atoms with van der Waals surface area (Å²) in [7, 11) is 1.61. The van der Waals surface area contributed by atoms with Crippen LogP contribution in [0.3, 0.4) is 0 Å². The van der Waals surface area contributed by atoms with Gasteiger partial charge in [0.15, 0.2) is 6.61 Å². The Morgan fingerprint density at radius 1 is 1.06 bits per heavy atom. The number of hydrogen-bond donors (Lipinski definition) is 0. The predicted molar refractivity (Wildman–Crippen MR) is 121 cm³/mol. The maximum atomic E-state index is 13.0. The maximum Gasteiger partial charge on any atom is 0.339 e. The minimum atomic E-state index is -0.555. The third-order valence-electron chi connectivity index (χ3n) is 5.42. The van der Waals surface area contributed by atoms with Gasteiger partial charge in [-0.05, 0) is 50.2 Å². The van der Waals surface area contributed by atoms with Gasteiger partial charge >= 0.3 is 5.97 Å². The van der Waals surface area contributed by atoms with Gasteiger partial charge in [-0.2, -0.15) is 0 Å². The van der Waals surface area contributed by atoms with Crippen molar-refractivity contribution in [2.45, 2.75) is 26.1 Å². The summed E-state index contributed by atoms with van der Waals surface area (Å²) in [6.07, 6.45) is -0.0933. The zero-order chi connectivity index (χ0) is 22.7. The van der Waals surface area contributed by atoms with E-state index in [4.69, 9.17) is 19.2 Å². The molecule has 7 heteroatoms. The van der Waals surface area contributed by atoms with Crippen LogP contribution in [0.2, 0.25) is 0 Å². The molecule has 3 aromatic rings. The number of pyridine rings is 1. The first kappa shape index (κ1) is 21.8. The minimum absolute atomic E-state index is 0.0467. The van der Waals surface area contributed by atoms with Crippen LogP contribution in [0.4, 0.5) is 0 Å². The molecule has 0 saturated carbocycles. The molecule has 2 atom stereocenters. The average molecular weight is 434 g/mol. The summed E-state index contributed by atoms with van der Waals surface area (Å²) in [4.78, 5) is 32.0. The van der Waals surface area contributed by atoms with Crippen LogP contribution in [0, 0.1) is 0 Å². The smallest absolute Gasteiger partial charge is 0.339 e. The van der Waals surface area contributed by atoms with E-state index in [1.54, 1.807) is 18.1 Å². The predicted octanol–water partition coefficient (Wildman–Crippen LogP) is 3.70. The molecule has 1 fully saturated rings. The number of carbonyl (C=O) groups excluding carboxylic acids is 2. The molecule has 2 unspecified atom stereocenters. The molecule has 0 radical (unpaired) electrons. The van der Waals surface area contributed by atoms with Crippen LogP contribution in [0.5, 0.6) is 5.75 Å². The summed E-state index contributed by atoms with van der Waals surface area (Å²) >= 11 is 0. The van der Waals surface area contributed by atoms with Gasteiger partial charge in [-0.25, -0.2) is 9.78 Å². The van der Waals surface area contributed by atoms with E-state index in [-0.39, 0.29) is 24.7 Å². The molecule has 2 heterocycles. The zero-order valence-electron chi connectivity index (χ0n) is 18.4. The number of para-hydroxylation sites is 1. The molecule has 1 saturated heterocycles. The fourth-order valence-electron chi connectivity index (χ4n) is 3.93. The maximum absolute atomic E-state index is 13.0. The SMILES string of the molecule is COc1ccc(-c2cc(C(=O)OCC(=O)N3CC(C)OC(C)C3)c3ccccc3n2)cc1. The Morgan fingerprint density at radius 2 is 1.75 bits per heavy atom. The zero-order valence-corrected chi connectivity index (χ0v) is 18.4. The quantitative estimate of drug-likeness (QED) is 0.570. The number of esters is 1. The van der Waals surface area contributed by atoms with Crippen LogP contribution in [-0.2, 0) is 14.3 Å². The number of benzene rings is 2. The topological polar surface area (TPSA) is 78.0 Å². The largest absolute Gasteiger partial charge is 0.497 e. The highest BCUT2D eigenvalue weighted by molar-refractivity contribution is 6.05. The second kappa shape index (κ2) is 9.36. The molecule has 1 aliphatic heterocycles. The van der Waals surface area contributed by atoms with Crippen LogP contribution in [-0.4, -0.2) is 60.8 Å². The van der Waals surface area contributed by atoms with Crippen molar-refractivity contribution in [3.8, 4) is 17.0 Å². The van der Waals surface area contributed by atoms with Gasteiger partial charge < -0.3 is 19.1 Å². The highest BCUT2D eigenvalue weighted by Gasteiger charge is 2.27. The normalized spacial score (nSPS) is 18.4. The van der Waals surface area contributed by atoms with E-state index in [1.807, 2.05) is 62.4 Å². The van der Waals surface area contributed by atoms with Gasteiger partial charge in [-0.1, -0.05) is 18.2 Å². The van der Waals surface area contributed by atoms with Gasteiger partial charge in [-0.15, -0.1) is 0 Å². The van der Waals surface area contributed by atoms with Crippen LogP contribution < -0.4 is 4.74 Å². The number of hydrogen-bond acceptors (Lipinski definition) is 6. The lowest BCUT2D eigenvalue weighted by Gasteiger charge is -2.35. The number of fused-ring (bicyclic) bond motifs is 1. The van der Waals surface area contributed by atoms with E-state index >= 15 is 0 Å². The van der Waals surface area contributed by atoms with Crippen molar-refractivity contribution in [1.82, 2.24) is 9.88 Å². The van der Waals surface area contributed by atoms with Crippen molar-refractivity contribution in [1.29, 1.82) is 0 Å². The molecular weight excluding hydrogens is 408 g/mol. The molecule has 2 aromatic carbocycles. The Labute approximate surface area is 186 Å². The van der Waals surface area contributed by atoms with Crippen LogP contribution in [0.25, 0.3) is 22.2 Å². The van der Waals surface area contributed by atoms with E-state index in [9.17, 15) is 9.59 Å². The number of aromatic nitrogens is 1. The first-order chi connectivity index (χ1) is 15.4. The molecule has 0 N–H and O–H groups in total. The fourth-order valence-corrected chi connectivity index (χ4v) is 3.93. The molecule has 1 aromatic heterocycles. The molecule has 7 nitrogen and oxygen atoms in total. The summed E-state index contributed by atoms with van der Waals surface area (Å²) in [5.41, 5.74) is 2.53. The summed E-state index contributed by atoms with van der Waals surface area (Å²) in [6, 6.07) is 16.5. The molecule has 0 spiro atoms. The van der Waals surface area contributed by atoms with Crippen LogP contribution >= 0.6 is 0 Å². The summed E-state index contributed by atoms with van der Waals surface area (Å²) in [6.45, 7) is 4.51. The molecular formula is C25H26N2O5. The Bertz CT molecular complexity index is 1120. The van der Waals surface area contributed by atoms with Gasteiger partial charge in [0.2, 0.25) is 0 Å². The monoisotopic (exact) mass is 434 g/mol. The molecule has 1 amide bonds. The third kappa shape index (κ3) is 4.73. The molecule has 32 heavy (non-hydrogen) atoms. The average Bonchev–Trinajstić information content (AvgIpc) is 2.81. The Balaban J connectivity index is 1.57. The van der Waals surface area contributed by atoms with Crippen molar-refractivity contribution in [3.05, 3.63) is 60.2 Å².